The number of hydrogen-bond acceptors (Lipinski definition) is 5. The summed E-state index contributed by atoms with van der Waals surface area (Å²) in [5.74, 6) is 0.895. The fraction of sp³-hybridized carbons (Fsp3) is 0.680. The van der Waals surface area contributed by atoms with E-state index in [1.807, 2.05) is 32.9 Å². The largest absolute Gasteiger partial charge is 0.372 e. The summed E-state index contributed by atoms with van der Waals surface area (Å²) in [6.07, 6.45) is 3.44. The minimum atomic E-state index is -0.211. The van der Waals surface area contributed by atoms with Crippen LogP contribution in [0.2, 0.25) is 0 Å². The van der Waals surface area contributed by atoms with Gasteiger partial charge < -0.3 is 15.5 Å². The smallest absolute Gasteiger partial charge is 0.238 e. The first-order valence-corrected chi connectivity index (χ1v) is 12.1. The molecule has 2 N–H and O–H groups in total. The van der Waals surface area contributed by atoms with Gasteiger partial charge in [0.25, 0.3) is 0 Å². The van der Waals surface area contributed by atoms with E-state index in [0.29, 0.717) is 13.1 Å². The zero-order valence-electron chi connectivity index (χ0n) is 20.3. The molecule has 2 saturated heterocycles. The molecule has 32 heavy (non-hydrogen) atoms. The first-order valence-electron chi connectivity index (χ1n) is 12.1. The van der Waals surface area contributed by atoms with Gasteiger partial charge in [0.15, 0.2) is 0 Å². The van der Waals surface area contributed by atoms with Crippen LogP contribution in [0.3, 0.4) is 0 Å². The van der Waals surface area contributed by atoms with E-state index < -0.39 is 0 Å². The van der Waals surface area contributed by atoms with Gasteiger partial charge in [0.05, 0.1) is 13.1 Å². The van der Waals surface area contributed by atoms with Crippen LogP contribution in [0.5, 0.6) is 0 Å². The van der Waals surface area contributed by atoms with Gasteiger partial charge in [-0.15, -0.1) is 0 Å². The molecule has 0 aromatic heterocycles. The highest BCUT2D eigenvalue weighted by Gasteiger charge is 2.21. The van der Waals surface area contributed by atoms with Gasteiger partial charge in [-0.3, -0.25) is 19.4 Å². The van der Waals surface area contributed by atoms with Gasteiger partial charge in [-0.2, -0.15) is 0 Å². The maximum absolute atomic E-state index is 12.6. The van der Waals surface area contributed by atoms with E-state index in [2.05, 4.69) is 44.4 Å². The van der Waals surface area contributed by atoms with E-state index >= 15 is 0 Å². The summed E-state index contributed by atoms with van der Waals surface area (Å²) in [6.45, 7) is 14.7. The average Bonchev–Trinajstić information content (AvgIpc) is 2.93. The van der Waals surface area contributed by atoms with Gasteiger partial charge in [-0.1, -0.05) is 6.92 Å². The van der Waals surface area contributed by atoms with E-state index in [4.69, 9.17) is 0 Å². The van der Waals surface area contributed by atoms with Gasteiger partial charge >= 0.3 is 0 Å². The highest BCUT2D eigenvalue weighted by Crippen LogP contribution is 2.24. The molecule has 0 aliphatic carbocycles. The highest BCUT2D eigenvalue weighted by molar-refractivity contribution is 5.92. The minimum Gasteiger partial charge on any atom is -0.372 e. The maximum atomic E-state index is 12.6. The van der Waals surface area contributed by atoms with Crippen LogP contribution in [0.1, 0.15) is 47.0 Å². The molecule has 0 saturated carbocycles. The Bertz CT molecular complexity index is 751. The van der Waals surface area contributed by atoms with E-state index in [1.165, 1.54) is 18.5 Å². The van der Waals surface area contributed by atoms with Crippen molar-refractivity contribution in [2.75, 3.05) is 62.6 Å². The molecule has 0 atom stereocenters. The summed E-state index contributed by atoms with van der Waals surface area (Å²) >= 11 is 0. The van der Waals surface area contributed by atoms with Crippen molar-refractivity contribution in [1.82, 2.24) is 15.1 Å². The number of amides is 2. The van der Waals surface area contributed by atoms with Crippen LogP contribution in [0.4, 0.5) is 11.4 Å². The molecule has 0 unspecified atom stereocenters. The molecule has 7 nitrogen and oxygen atoms in total. The molecule has 7 heteroatoms. The van der Waals surface area contributed by atoms with Crippen molar-refractivity contribution >= 4 is 23.2 Å². The van der Waals surface area contributed by atoms with Crippen LogP contribution >= 0.6 is 0 Å². The third-order valence-electron chi connectivity index (χ3n) is 6.23. The van der Waals surface area contributed by atoms with Crippen molar-refractivity contribution in [3.63, 3.8) is 0 Å². The molecule has 1 aromatic rings. The second-order valence-corrected chi connectivity index (χ2v) is 10.5. The Balaban J connectivity index is 1.41. The Labute approximate surface area is 193 Å². The Morgan fingerprint density at radius 2 is 1.44 bits per heavy atom. The fourth-order valence-corrected chi connectivity index (χ4v) is 4.43. The highest BCUT2D eigenvalue weighted by atomic mass is 16.2. The Kier molecular flexibility index (Phi) is 8.54. The Morgan fingerprint density at radius 3 is 2.00 bits per heavy atom. The van der Waals surface area contributed by atoms with E-state index in [-0.39, 0.29) is 17.4 Å². The lowest BCUT2D eigenvalue weighted by atomic mass is 9.99. The van der Waals surface area contributed by atoms with Crippen molar-refractivity contribution in [3.8, 4) is 0 Å². The zero-order valence-corrected chi connectivity index (χ0v) is 20.3. The number of benzene rings is 1. The second-order valence-electron chi connectivity index (χ2n) is 10.5. The molecule has 2 aliphatic rings. The molecule has 2 aliphatic heterocycles. The molecule has 0 radical (unpaired) electrons. The summed E-state index contributed by atoms with van der Waals surface area (Å²) in [5.41, 5.74) is 1.87. The number of carbonyl (C=O) groups is 2. The fourth-order valence-electron chi connectivity index (χ4n) is 4.43. The van der Waals surface area contributed by atoms with Crippen molar-refractivity contribution < 1.29 is 9.59 Å². The number of piperidine rings is 1. The molecule has 0 spiro atoms. The number of nitrogens with one attached hydrogen (secondary N) is 2. The normalized spacial score (nSPS) is 19.4. The molecule has 2 heterocycles. The maximum Gasteiger partial charge on any atom is 0.238 e. The van der Waals surface area contributed by atoms with Gasteiger partial charge in [0, 0.05) is 43.1 Å². The lowest BCUT2D eigenvalue weighted by Crippen LogP contribution is -2.46. The topological polar surface area (TPSA) is 67.9 Å². The van der Waals surface area contributed by atoms with Crippen LogP contribution in [-0.4, -0.2) is 79.5 Å². The van der Waals surface area contributed by atoms with E-state index in [9.17, 15) is 9.59 Å². The summed E-state index contributed by atoms with van der Waals surface area (Å²) in [6, 6.07) is 8.22. The molecule has 0 bridgehead atoms. The Morgan fingerprint density at radius 1 is 0.875 bits per heavy atom. The first kappa shape index (κ1) is 24.5. The monoisotopic (exact) mass is 443 g/mol. The summed E-state index contributed by atoms with van der Waals surface area (Å²) in [7, 11) is 0. The third kappa shape index (κ3) is 8.10. The number of nitrogens with zero attached hydrogens (tertiary/aromatic N) is 3. The van der Waals surface area contributed by atoms with Crippen molar-refractivity contribution in [1.29, 1.82) is 0 Å². The number of rotatable bonds is 6. The summed E-state index contributed by atoms with van der Waals surface area (Å²) < 4.78 is 0. The van der Waals surface area contributed by atoms with Gasteiger partial charge in [0.1, 0.15) is 0 Å². The predicted molar refractivity (Wildman–Crippen MR) is 131 cm³/mol. The molecule has 2 fully saturated rings. The lowest BCUT2D eigenvalue weighted by molar-refractivity contribution is -0.123. The van der Waals surface area contributed by atoms with Gasteiger partial charge in [-0.25, -0.2) is 0 Å². The number of carbonyl (C=O) groups excluding carboxylic acids is 2. The van der Waals surface area contributed by atoms with Crippen LogP contribution in [0.15, 0.2) is 24.3 Å². The van der Waals surface area contributed by atoms with Crippen LogP contribution < -0.4 is 15.5 Å². The third-order valence-corrected chi connectivity index (χ3v) is 6.23. The summed E-state index contributed by atoms with van der Waals surface area (Å²) in [5, 5.41) is 6.06. The second kappa shape index (κ2) is 11.1. The van der Waals surface area contributed by atoms with Crippen molar-refractivity contribution in [3.05, 3.63) is 24.3 Å². The standard InChI is InChI=1S/C25H41N5O2/c1-20-10-14-30(15-11-20)22-8-6-21(7-9-22)26-23(31)18-28-12-5-13-29(17-16-28)19-24(32)27-25(2,3)4/h6-9,20H,5,10-19H2,1-4H3,(H,26,31)(H,27,32). The number of anilines is 2. The first-order chi connectivity index (χ1) is 15.2. The molecule has 1 aromatic carbocycles. The lowest BCUT2D eigenvalue weighted by Gasteiger charge is -2.32. The van der Waals surface area contributed by atoms with Gasteiger partial charge in [0.2, 0.25) is 11.8 Å². The van der Waals surface area contributed by atoms with E-state index in [0.717, 1.165) is 57.3 Å². The quantitative estimate of drug-likeness (QED) is 0.708. The minimum absolute atomic E-state index is 0.0171. The van der Waals surface area contributed by atoms with Crippen LogP contribution in [0, 0.1) is 5.92 Å². The molecule has 2 amide bonds. The summed E-state index contributed by atoms with van der Waals surface area (Å²) in [4.78, 5) is 31.6. The predicted octanol–water partition coefficient (Wildman–Crippen LogP) is 2.78. The zero-order chi connectivity index (χ0) is 23.1. The molecular weight excluding hydrogens is 402 g/mol. The SMILES string of the molecule is CC1CCN(c2ccc(NC(=O)CN3CCCN(CC(=O)NC(C)(C)C)CC3)cc2)CC1. The average molecular weight is 444 g/mol. The van der Waals surface area contributed by atoms with Crippen molar-refractivity contribution in [2.24, 2.45) is 5.92 Å². The van der Waals surface area contributed by atoms with E-state index in [1.54, 1.807) is 0 Å². The van der Waals surface area contributed by atoms with Crippen molar-refractivity contribution in [2.45, 2.75) is 52.5 Å². The molecular formula is C25H41N5O2. The Hall–Kier alpha value is -2.12. The van der Waals surface area contributed by atoms with Crippen LogP contribution in [-0.2, 0) is 9.59 Å². The van der Waals surface area contributed by atoms with Gasteiger partial charge in [-0.05, 0) is 83.3 Å². The van der Waals surface area contributed by atoms with Crippen LogP contribution in [0.25, 0.3) is 0 Å². The number of hydrogen-bond donors (Lipinski definition) is 2. The molecule has 178 valence electrons. The molecule has 3 rings (SSSR count).